The maximum Gasteiger partial charge on any atom is 0.261 e. The molecule has 0 aliphatic rings. The number of rotatable bonds is 7. The molecule has 0 saturated carbocycles. The minimum atomic E-state index is -0.737. The summed E-state index contributed by atoms with van der Waals surface area (Å²) >= 11 is 13.7. The molecule has 3 heterocycles. The van der Waals surface area contributed by atoms with Crippen molar-refractivity contribution in [2.75, 3.05) is 12.3 Å². The molecule has 3 aromatic heterocycles. The van der Waals surface area contributed by atoms with E-state index in [0.29, 0.717) is 28.0 Å². The summed E-state index contributed by atoms with van der Waals surface area (Å²) in [7, 11) is 0. The molecule has 4 rings (SSSR count). The molecule has 0 radical (unpaired) electrons. The number of pyridine rings is 1. The standard InChI is InChI=1S/C23H20Cl2FN3O3S/c1-3-6-28-23(30)17-7-12(10-33-17)14-9-31-20-13(14)8-29-22(27)21(20)32-11(2)18-15(24)4-5-16(26)19(18)25/h4-5,7-11H,3,6H2,1-2H3,(H2,27,29)(H,28,30)/t11-/m1/s1. The Labute approximate surface area is 203 Å². The Morgan fingerprint density at radius 3 is 2.94 bits per heavy atom. The summed E-state index contributed by atoms with van der Waals surface area (Å²) < 4.78 is 25.8. The van der Waals surface area contributed by atoms with Crippen LogP contribution in [0.2, 0.25) is 10.0 Å². The molecule has 0 saturated heterocycles. The molecule has 0 bridgehead atoms. The van der Waals surface area contributed by atoms with Crippen molar-refractivity contribution in [1.82, 2.24) is 10.3 Å². The minimum absolute atomic E-state index is 0.101. The van der Waals surface area contributed by atoms with E-state index >= 15 is 0 Å². The van der Waals surface area contributed by atoms with Gasteiger partial charge in [0.2, 0.25) is 5.75 Å². The van der Waals surface area contributed by atoms with Crippen LogP contribution in [-0.2, 0) is 0 Å². The van der Waals surface area contributed by atoms with Gasteiger partial charge in [-0.1, -0.05) is 30.1 Å². The number of ether oxygens (including phenoxy) is 1. The van der Waals surface area contributed by atoms with Gasteiger partial charge in [-0.2, -0.15) is 0 Å². The van der Waals surface area contributed by atoms with Crippen molar-refractivity contribution >= 4 is 57.2 Å². The number of carbonyl (C=O) groups excluding carboxylic acids is 1. The third-order valence-corrected chi connectivity index (χ3v) is 6.69. The lowest BCUT2D eigenvalue weighted by Crippen LogP contribution is -2.22. The van der Waals surface area contributed by atoms with Gasteiger partial charge in [-0.05, 0) is 42.5 Å². The van der Waals surface area contributed by atoms with Gasteiger partial charge in [-0.3, -0.25) is 4.79 Å². The average Bonchev–Trinajstić information content (AvgIpc) is 3.44. The number of fused-ring (bicyclic) bond motifs is 1. The fourth-order valence-electron chi connectivity index (χ4n) is 3.39. The summed E-state index contributed by atoms with van der Waals surface area (Å²) in [5.41, 5.74) is 8.28. The molecule has 1 atom stereocenters. The number of hydrogen-bond donors (Lipinski definition) is 2. The molecule has 0 spiro atoms. The zero-order valence-corrected chi connectivity index (χ0v) is 20.1. The monoisotopic (exact) mass is 507 g/mol. The van der Waals surface area contributed by atoms with Crippen LogP contribution in [0.4, 0.5) is 10.2 Å². The van der Waals surface area contributed by atoms with Crippen LogP contribution in [0.1, 0.15) is 41.6 Å². The van der Waals surface area contributed by atoms with Gasteiger partial charge >= 0.3 is 0 Å². The van der Waals surface area contributed by atoms with Gasteiger partial charge < -0.3 is 20.2 Å². The molecule has 1 amide bonds. The number of aromatic nitrogens is 1. The van der Waals surface area contributed by atoms with Crippen molar-refractivity contribution in [3.8, 4) is 16.9 Å². The van der Waals surface area contributed by atoms with E-state index in [9.17, 15) is 9.18 Å². The minimum Gasteiger partial charge on any atom is -0.478 e. The molecular weight excluding hydrogens is 488 g/mol. The second kappa shape index (κ2) is 9.59. The van der Waals surface area contributed by atoms with Crippen molar-refractivity contribution in [2.45, 2.75) is 26.4 Å². The lowest BCUT2D eigenvalue weighted by Gasteiger charge is -2.18. The first-order chi connectivity index (χ1) is 15.8. The van der Waals surface area contributed by atoms with E-state index in [0.717, 1.165) is 17.5 Å². The maximum absolute atomic E-state index is 14.0. The van der Waals surface area contributed by atoms with Crippen molar-refractivity contribution < 1.29 is 18.3 Å². The zero-order valence-electron chi connectivity index (χ0n) is 17.7. The topological polar surface area (TPSA) is 90.4 Å². The van der Waals surface area contributed by atoms with Crippen LogP contribution in [0.3, 0.4) is 0 Å². The van der Waals surface area contributed by atoms with Gasteiger partial charge in [0.25, 0.3) is 5.91 Å². The molecule has 0 fully saturated rings. The fraction of sp³-hybridized carbons (Fsp3) is 0.217. The van der Waals surface area contributed by atoms with Crippen LogP contribution < -0.4 is 15.8 Å². The van der Waals surface area contributed by atoms with E-state index in [1.165, 1.54) is 23.5 Å². The number of thiophene rings is 1. The smallest absolute Gasteiger partial charge is 0.261 e. The average molecular weight is 508 g/mol. The predicted octanol–water partition coefficient (Wildman–Crippen LogP) is 6.86. The molecule has 6 nitrogen and oxygen atoms in total. The van der Waals surface area contributed by atoms with Crippen molar-refractivity contribution in [1.29, 1.82) is 0 Å². The van der Waals surface area contributed by atoms with Crippen LogP contribution in [0, 0.1) is 5.82 Å². The number of carbonyl (C=O) groups is 1. The second-order valence-corrected chi connectivity index (χ2v) is 9.03. The van der Waals surface area contributed by atoms with E-state index in [1.54, 1.807) is 25.5 Å². The summed E-state index contributed by atoms with van der Waals surface area (Å²) in [6.07, 6.45) is 3.26. The Morgan fingerprint density at radius 1 is 1.39 bits per heavy atom. The van der Waals surface area contributed by atoms with E-state index in [4.69, 9.17) is 38.1 Å². The number of hydrogen-bond acceptors (Lipinski definition) is 6. The van der Waals surface area contributed by atoms with Crippen LogP contribution >= 0.6 is 34.5 Å². The number of nitrogens with one attached hydrogen (secondary N) is 1. The number of halogens is 3. The fourth-order valence-corrected chi connectivity index (χ4v) is 4.89. The second-order valence-electron chi connectivity index (χ2n) is 7.34. The highest BCUT2D eigenvalue weighted by Gasteiger charge is 2.23. The van der Waals surface area contributed by atoms with Gasteiger partial charge in [0, 0.05) is 28.9 Å². The summed E-state index contributed by atoms with van der Waals surface area (Å²) in [6.45, 7) is 4.28. The molecular formula is C23H20Cl2FN3O3S. The van der Waals surface area contributed by atoms with Crippen LogP contribution in [-0.4, -0.2) is 17.4 Å². The highest BCUT2D eigenvalue weighted by Crippen LogP contribution is 2.42. The lowest BCUT2D eigenvalue weighted by atomic mass is 10.1. The van der Waals surface area contributed by atoms with E-state index < -0.39 is 11.9 Å². The molecule has 0 aliphatic carbocycles. The predicted molar refractivity (Wildman–Crippen MR) is 130 cm³/mol. The third kappa shape index (κ3) is 4.51. The Hall–Kier alpha value is -2.81. The summed E-state index contributed by atoms with van der Waals surface area (Å²) in [4.78, 5) is 17.1. The first-order valence-electron chi connectivity index (χ1n) is 10.1. The van der Waals surface area contributed by atoms with Crippen molar-refractivity contribution in [2.24, 2.45) is 0 Å². The van der Waals surface area contributed by atoms with Crippen LogP contribution in [0.15, 0.2) is 40.5 Å². The third-order valence-electron chi connectivity index (χ3n) is 5.05. The maximum atomic E-state index is 14.0. The Kier molecular flexibility index (Phi) is 6.78. The lowest BCUT2D eigenvalue weighted by molar-refractivity contribution is 0.0957. The van der Waals surface area contributed by atoms with Crippen LogP contribution in [0.5, 0.6) is 5.75 Å². The quantitative estimate of drug-likeness (QED) is 0.266. The number of amides is 1. The summed E-state index contributed by atoms with van der Waals surface area (Å²) in [6, 6.07) is 4.40. The SMILES string of the molecule is CCCNC(=O)c1cc(-c2coc3c(O[C@H](C)c4c(Cl)ccc(F)c4Cl)c(N)ncc23)cs1. The molecule has 0 unspecified atom stereocenters. The van der Waals surface area contributed by atoms with E-state index in [2.05, 4.69) is 10.3 Å². The Bertz CT molecular complexity index is 1340. The van der Waals surface area contributed by atoms with Gasteiger partial charge in [-0.15, -0.1) is 11.3 Å². The first kappa shape index (κ1) is 23.4. The molecule has 1 aromatic carbocycles. The van der Waals surface area contributed by atoms with Crippen molar-refractivity contribution in [3.63, 3.8) is 0 Å². The van der Waals surface area contributed by atoms with Gasteiger partial charge in [0.15, 0.2) is 11.4 Å². The molecule has 10 heteroatoms. The number of benzene rings is 1. The van der Waals surface area contributed by atoms with E-state index in [1.807, 2.05) is 12.3 Å². The summed E-state index contributed by atoms with van der Waals surface area (Å²) in [5.74, 6) is -0.431. The van der Waals surface area contributed by atoms with Crippen LogP contribution in [0.25, 0.3) is 22.1 Å². The van der Waals surface area contributed by atoms with Gasteiger partial charge in [0.1, 0.15) is 11.9 Å². The normalized spacial score (nSPS) is 12.2. The Balaban J connectivity index is 1.69. The number of furan rings is 1. The number of nitrogens with two attached hydrogens (primary N) is 1. The van der Waals surface area contributed by atoms with Gasteiger partial charge in [0.05, 0.1) is 21.5 Å². The molecule has 33 heavy (non-hydrogen) atoms. The Morgan fingerprint density at radius 2 is 2.18 bits per heavy atom. The summed E-state index contributed by atoms with van der Waals surface area (Å²) in [5, 5.41) is 5.53. The van der Waals surface area contributed by atoms with E-state index in [-0.39, 0.29) is 27.5 Å². The number of nitrogens with zero attached hydrogens (tertiary/aromatic N) is 1. The highest BCUT2D eigenvalue weighted by atomic mass is 35.5. The molecule has 4 aromatic rings. The molecule has 3 N–H and O–H groups in total. The highest BCUT2D eigenvalue weighted by molar-refractivity contribution is 7.12. The zero-order chi connectivity index (χ0) is 23.7. The molecule has 172 valence electrons. The number of anilines is 1. The largest absolute Gasteiger partial charge is 0.478 e. The first-order valence-corrected chi connectivity index (χ1v) is 11.8. The number of nitrogen functional groups attached to an aromatic ring is 1. The van der Waals surface area contributed by atoms with Gasteiger partial charge in [-0.25, -0.2) is 9.37 Å². The molecule has 0 aliphatic heterocycles. The van der Waals surface area contributed by atoms with Crippen molar-refractivity contribution in [3.05, 3.63) is 62.3 Å².